The number of aliphatic carboxylic acids is 1. The van der Waals surface area contributed by atoms with Crippen LogP contribution in [0.1, 0.15) is 36.3 Å². The zero-order valence-electron chi connectivity index (χ0n) is 19.4. The lowest BCUT2D eigenvalue weighted by atomic mass is 9.82. The van der Waals surface area contributed by atoms with Crippen LogP contribution < -0.4 is 5.32 Å². The quantitative estimate of drug-likeness (QED) is 0.588. The van der Waals surface area contributed by atoms with Gasteiger partial charge in [0.2, 0.25) is 5.91 Å². The Morgan fingerprint density at radius 2 is 1.65 bits per heavy atom. The number of benzene rings is 2. The van der Waals surface area contributed by atoms with Crippen LogP contribution in [0, 0.1) is 5.92 Å². The van der Waals surface area contributed by atoms with Crippen LogP contribution in [0.3, 0.4) is 0 Å². The first-order valence-corrected chi connectivity index (χ1v) is 11.5. The highest BCUT2D eigenvalue weighted by atomic mass is 16.5. The first kappa shape index (κ1) is 23.8. The minimum atomic E-state index is -1.20. The molecular weight excluding hydrogens is 436 g/mol. The molecule has 8 nitrogen and oxygen atoms in total. The van der Waals surface area contributed by atoms with Crippen LogP contribution in [0.25, 0.3) is 11.1 Å². The Morgan fingerprint density at radius 1 is 1.06 bits per heavy atom. The molecule has 1 unspecified atom stereocenters. The predicted octanol–water partition coefficient (Wildman–Crippen LogP) is 3.25. The number of amides is 2. The molecule has 1 fully saturated rings. The molecule has 0 heterocycles. The number of hydrogen-bond donors (Lipinski definition) is 2. The summed E-state index contributed by atoms with van der Waals surface area (Å²) in [7, 11) is 3.29. The maximum atomic E-state index is 12.9. The molecule has 2 aliphatic rings. The number of carboxylic acid groups (broad SMARTS) is 1. The average Bonchev–Trinajstić information content (AvgIpc) is 3.12. The summed E-state index contributed by atoms with van der Waals surface area (Å²) in [6.45, 7) is 0.575. The number of methoxy groups -OCH3 is 1. The molecule has 4 rings (SSSR count). The fourth-order valence-corrected chi connectivity index (χ4v) is 4.92. The molecule has 0 spiro atoms. The standard InChI is InChI=1S/C26H30N2O6/c1-28(14-16-11-17(12-16)33-2)25(31)23(13-24(29)30)27-26(32)34-15-22-20-9-5-3-7-18(20)19-8-4-6-10-21(19)22/h3-10,16-17,22-23H,11-15H2,1-2H3,(H,27,32)(H,29,30). The summed E-state index contributed by atoms with van der Waals surface area (Å²) in [4.78, 5) is 38.3. The van der Waals surface area contributed by atoms with E-state index in [9.17, 15) is 19.5 Å². The third-order valence-corrected chi connectivity index (χ3v) is 6.75. The molecule has 1 saturated carbocycles. The van der Waals surface area contributed by atoms with Crippen molar-refractivity contribution in [3.8, 4) is 11.1 Å². The van der Waals surface area contributed by atoms with Crippen LogP contribution in [0.4, 0.5) is 4.79 Å². The van der Waals surface area contributed by atoms with Crippen LogP contribution in [-0.2, 0) is 19.1 Å². The Kier molecular flexibility index (Phi) is 7.17. The number of ether oxygens (including phenoxy) is 2. The Bertz CT molecular complexity index is 1020. The van der Waals surface area contributed by atoms with Gasteiger partial charge in [-0.3, -0.25) is 9.59 Å². The Balaban J connectivity index is 1.37. The maximum absolute atomic E-state index is 12.9. The van der Waals surface area contributed by atoms with Crippen molar-refractivity contribution >= 4 is 18.0 Å². The van der Waals surface area contributed by atoms with Crippen molar-refractivity contribution in [2.24, 2.45) is 5.92 Å². The maximum Gasteiger partial charge on any atom is 0.407 e. The summed E-state index contributed by atoms with van der Waals surface area (Å²) < 4.78 is 10.8. The van der Waals surface area contributed by atoms with Crippen LogP contribution in [0.5, 0.6) is 0 Å². The lowest BCUT2D eigenvalue weighted by molar-refractivity contribution is -0.142. The molecule has 1 atom stereocenters. The Labute approximate surface area is 198 Å². The first-order chi connectivity index (χ1) is 16.4. The van der Waals surface area contributed by atoms with Gasteiger partial charge in [-0.05, 0) is 41.0 Å². The van der Waals surface area contributed by atoms with Gasteiger partial charge in [-0.15, -0.1) is 0 Å². The summed E-state index contributed by atoms with van der Waals surface area (Å²) in [5.41, 5.74) is 4.37. The highest BCUT2D eigenvalue weighted by Gasteiger charge is 2.34. The Morgan fingerprint density at radius 3 is 2.21 bits per heavy atom. The fourth-order valence-electron chi connectivity index (χ4n) is 4.92. The summed E-state index contributed by atoms with van der Waals surface area (Å²) in [6.07, 6.45) is 0.605. The van der Waals surface area contributed by atoms with E-state index in [0.29, 0.717) is 12.5 Å². The number of carbonyl (C=O) groups is 3. The van der Waals surface area contributed by atoms with Gasteiger partial charge >= 0.3 is 12.1 Å². The Hall–Kier alpha value is -3.39. The van der Waals surface area contributed by atoms with Gasteiger partial charge in [-0.1, -0.05) is 48.5 Å². The molecule has 2 aromatic carbocycles. The van der Waals surface area contributed by atoms with Gasteiger partial charge in [0, 0.05) is 26.6 Å². The lowest BCUT2D eigenvalue weighted by Crippen LogP contribution is -2.50. The summed E-state index contributed by atoms with van der Waals surface area (Å²) >= 11 is 0. The molecule has 0 radical (unpaired) electrons. The van der Waals surface area contributed by atoms with Crippen LogP contribution in [-0.4, -0.2) is 67.4 Å². The molecule has 180 valence electrons. The number of carboxylic acids is 1. The van der Waals surface area contributed by atoms with Gasteiger partial charge in [0.1, 0.15) is 12.6 Å². The summed E-state index contributed by atoms with van der Waals surface area (Å²) in [5, 5.41) is 11.7. The molecule has 0 aliphatic heterocycles. The second kappa shape index (κ2) is 10.3. The molecule has 0 aromatic heterocycles. The largest absolute Gasteiger partial charge is 0.481 e. The number of alkyl carbamates (subject to hydrolysis) is 1. The van der Waals surface area contributed by atoms with Crippen molar-refractivity contribution in [3.05, 3.63) is 59.7 Å². The third-order valence-electron chi connectivity index (χ3n) is 6.75. The van der Waals surface area contributed by atoms with E-state index in [1.807, 2.05) is 48.5 Å². The topological polar surface area (TPSA) is 105 Å². The van der Waals surface area contributed by atoms with E-state index in [1.165, 1.54) is 4.90 Å². The van der Waals surface area contributed by atoms with E-state index in [1.54, 1.807) is 14.2 Å². The number of nitrogens with one attached hydrogen (secondary N) is 1. The SMILES string of the molecule is COC1CC(CN(C)C(=O)C(CC(=O)O)NC(=O)OCC2c3ccccc3-c3ccccc32)C1. The number of hydrogen-bond acceptors (Lipinski definition) is 5. The predicted molar refractivity (Wildman–Crippen MR) is 125 cm³/mol. The average molecular weight is 467 g/mol. The smallest absolute Gasteiger partial charge is 0.407 e. The molecule has 0 bridgehead atoms. The minimum Gasteiger partial charge on any atom is -0.481 e. The van der Waals surface area contributed by atoms with Crippen LogP contribution >= 0.6 is 0 Å². The highest BCUT2D eigenvalue weighted by molar-refractivity contribution is 5.89. The van der Waals surface area contributed by atoms with Gasteiger partial charge in [-0.25, -0.2) is 4.79 Å². The van der Waals surface area contributed by atoms with Crippen molar-refractivity contribution in [1.29, 1.82) is 0 Å². The molecule has 2 N–H and O–H groups in total. The second-order valence-corrected chi connectivity index (χ2v) is 9.03. The molecule has 0 saturated heterocycles. The van der Waals surface area contributed by atoms with Gasteiger partial charge < -0.3 is 24.8 Å². The van der Waals surface area contributed by atoms with Crippen molar-refractivity contribution < 1.29 is 29.0 Å². The second-order valence-electron chi connectivity index (χ2n) is 9.03. The van der Waals surface area contributed by atoms with Crippen molar-refractivity contribution in [1.82, 2.24) is 10.2 Å². The number of fused-ring (bicyclic) bond motifs is 3. The van der Waals surface area contributed by atoms with Crippen LogP contribution in [0.2, 0.25) is 0 Å². The number of carbonyl (C=O) groups excluding carboxylic acids is 2. The van der Waals surface area contributed by atoms with E-state index in [4.69, 9.17) is 9.47 Å². The lowest BCUT2D eigenvalue weighted by Gasteiger charge is -2.37. The van der Waals surface area contributed by atoms with Crippen molar-refractivity contribution in [2.75, 3.05) is 27.3 Å². The molecule has 8 heteroatoms. The first-order valence-electron chi connectivity index (χ1n) is 11.5. The van der Waals surface area contributed by atoms with E-state index in [-0.39, 0.29) is 18.6 Å². The molecule has 2 aliphatic carbocycles. The number of rotatable bonds is 9. The normalized spacial score (nSPS) is 19.4. The molecule has 34 heavy (non-hydrogen) atoms. The van der Waals surface area contributed by atoms with Crippen molar-refractivity contribution in [2.45, 2.75) is 37.3 Å². The van der Waals surface area contributed by atoms with Gasteiger partial charge in [-0.2, -0.15) is 0 Å². The number of likely N-dealkylation sites (N-methyl/N-ethyl adjacent to an activating group) is 1. The third kappa shape index (κ3) is 5.07. The summed E-state index contributed by atoms with van der Waals surface area (Å²) in [5.74, 6) is -1.44. The van der Waals surface area contributed by atoms with Crippen molar-refractivity contribution in [3.63, 3.8) is 0 Å². The van der Waals surface area contributed by atoms with Gasteiger partial charge in [0.05, 0.1) is 12.5 Å². The van der Waals surface area contributed by atoms with E-state index in [2.05, 4.69) is 5.32 Å². The zero-order valence-corrected chi connectivity index (χ0v) is 19.4. The van der Waals surface area contributed by atoms with Crippen LogP contribution in [0.15, 0.2) is 48.5 Å². The minimum absolute atomic E-state index is 0.0875. The fraction of sp³-hybridized carbons (Fsp3) is 0.423. The summed E-state index contributed by atoms with van der Waals surface area (Å²) in [6, 6.07) is 14.8. The number of nitrogens with zero attached hydrogens (tertiary/aromatic N) is 1. The molecule has 2 amide bonds. The highest BCUT2D eigenvalue weighted by Crippen LogP contribution is 2.44. The van der Waals surface area contributed by atoms with E-state index < -0.39 is 30.4 Å². The molecule has 2 aromatic rings. The molecular formula is C26H30N2O6. The zero-order chi connectivity index (χ0) is 24.2. The van der Waals surface area contributed by atoms with E-state index >= 15 is 0 Å². The monoisotopic (exact) mass is 466 g/mol. The van der Waals surface area contributed by atoms with Gasteiger partial charge in [0.25, 0.3) is 0 Å². The van der Waals surface area contributed by atoms with Gasteiger partial charge in [0.15, 0.2) is 0 Å². The van der Waals surface area contributed by atoms with E-state index in [0.717, 1.165) is 35.1 Å².